The number of hydrogen-bond acceptors (Lipinski definition) is 4. The number of nitrogens with two attached hydrogens (primary N) is 1. The number of nitrogens with zero attached hydrogens (tertiary/aromatic N) is 1. The fourth-order valence-corrected chi connectivity index (χ4v) is 3.47. The van der Waals surface area contributed by atoms with Gasteiger partial charge in [0.05, 0.1) is 4.90 Å². The summed E-state index contributed by atoms with van der Waals surface area (Å²) in [6, 6.07) is 14.2. The largest absolute Gasteiger partial charge is 0.326 e. The average molecular weight is 359 g/mol. The van der Waals surface area contributed by atoms with E-state index in [1.165, 1.54) is 35.4 Å². The van der Waals surface area contributed by atoms with Crippen LogP contribution in [-0.4, -0.2) is 32.3 Å². The highest BCUT2D eigenvalue weighted by molar-refractivity contribution is 7.89. The van der Waals surface area contributed by atoms with E-state index in [2.05, 4.69) is 28.4 Å². The maximum absolute atomic E-state index is 12.1. The van der Waals surface area contributed by atoms with Gasteiger partial charge < -0.3 is 5.32 Å². The summed E-state index contributed by atoms with van der Waals surface area (Å²) in [6.45, 7) is 2.51. The van der Waals surface area contributed by atoms with Crippen LogP contribution in [0.4, 0.5) is 5.69 Å². The molecule has 0 aliphatic carbocycles. The van der Waals surface area contributed by atoms with Crippen molar-refractivity contribution < 1.29 is 13.2 Å². The summed E-state index contributed by atoms with van der Waals surface area (Å²) in [4.78, 5) is 14.4. The third-order valence-corrected chi connectivity index (χ3v) is 5.26. The third kappa shape index (κ3) is 4.66. The summed E-state index contributed by atoms with van der Waals surface area (Å²) in [7, 11) is -3.72. The van der Waals surface area contributed by atoms with Crippen LogP contribution in [0, 0.1) is 0 Å². The van der Waals surface area contributed by atoms with Crippen molar-refractivity contribution in [1.29, 1.82) is 0 Å². The first-order valence-corrected chi connectivity index (χ1v) is 9.68. The van der Waals surface area contributed by atoms with Crippen LogP contribution in [0.5, 0.6) is 0 Å². The Bertz CT molecular complexity index is 863. The average Bonchev–Trinajstić information content (AvgIpc) is 2.59. The van der Waals surface area contributed by atoms with E-state index in [-0.39, 0.29) is 10.8 Å². The highest BCUT2D eigenvalue weighted by Crippen LogP contribution is 2.18. The lowest BCUT2D eigenvalue weighted by Gasteiger charge is -2.28. The minimum atomic E-state index is -3.72. The molecule has 132 valence electrons. The minimum absolute atomic E-state index is 0.0254. The van der Waals surface area contributed by atoms with E-state index in [0.29, 0.717) is 18.7 Å². The molecule has 0 atom stereocenters. The zero-order valence-electron chi connectivity index (χ0n) is 13.8. The molecule has 2 aromatic carbocycles. The lowest BCUT2D eigenvalue weighted by atomic mass is 10.00. The molecular weight excluding hydrogens is 338 g/mol. The Labute approximate surface area is 147 Å². The van der Waals surface area contributed by atoms with E-state index in [0.717, 1.165) is 19.5 Å². The zero-order valence-corrected chi connectivity index (χ0v) is 14.6. The minimum Gasteiger partial charge on any atom is -0.326 e. The predicted molar refractivity (Wildman–Crippen MR) is 96.5 cm³/mol. The fraction of sp³-hybridized carbons (Fsp3) is 0.278. The molecule has 1 heterocycles. The number of hydrogen-bond donors (Lipinski definition) is 2. The van der Waals surface area contributed by atoms with Gasteiger partial charge in [-0.25, -0.2) is 13.6 Å². The van der Waals surface area contributed by atoms with Gasteiger partial charge in [0.2, 0.25) is 15.9 Å². The van der Waals surface area contributed by atoms with Gasteiger partial charge in [-0.3, -0.25) is 9.69 Å². The van der Waals surface area contributed by atoms with Gasteiger partial charge in [0.15, 0.2) is 0 Å². The number of primary sulfonamides is 1. The molecule has 0 radical (unpaired) electrons. The highest BCUT2D eigenvalue weighted by Gasteiger charge is 2.16. The van der Waals surface area contributed by atoms with Crippen molar-refractivity contribution in [3.05, 3.63) is 59.7 Å². The molecule has 6 nitrogen and oxygen atoms in total. The van der Waals surface area contributed by atoms with Gasteiger partial charge in [-0.2, -0.15) is 0 Å². The number of sulfonamides is 1. The second-order valence-electron chi connectivity index (χ2n) is 6.16. The molecule has 0 fully saturated rings. The maximum Gasteiger partial charge on any atom is 0.238 e. The van der Waals surface area contributed by atoms with Crippen LogP contribution in [0.1, 0.15) is 17.5 Å². The van der Waals surface area contributed by atoms with E-state index < -0.39 is 10.0 Å². The van der Waals surface area contributed by atoms with Crippen LogP contribution in [0.15, 0.2) is 53.4 Å². The van der Waals surface area contributed by atoms with Crippen molar-refractivity contribution in [3.8, 4) is 0 Å². The Morgan fingerprint density at radius 2 is 1.76 bits per heavy atom. The van der Waals surface area contributed by atoms with Gasteiger partial charge in [-0.15, -0.1) is 0 Å². The molecule has 0 saturated carbocycles. The molecule has 3 rings (SSSR count). The molecule has 0 bridgehead atoms. The molecule has 1 amide bonds. The predicted octanol–water partition coefficient (Wildman–Crippen LogP) is 1.72. The molecule has 3 N–H and O–H groups in total. The SMILES string of the molecule is NS(=O)(=O)c1ccc(NC(=O)CCN2CCc3ccccc3C2)cc1. The van der Waals surface area contributed by atoms with E-state index in [1.807, 2.05) is 6.07 Å². The Morgan fingerprint density at radius 1 is 1.08 bits per heavy atom. The number of nitrogens with one attached hydrogen (secondary N) is 1. The van der Waals surface area contributed by atoms with Gasteiger partial charge in [0, 0.05) is 31.7 Å². The van der Waals surface area contributed by atoms with Crippen LogP contribution >= 0.6 is 0 Å². The summed E-state index contributed by atoms with van der Waals surface area (Å²) >= 11 is 0. The third-order valence-electron chi connectivity index (χ3n) is 4.33. The highest BCUT2D eigenvalue weighted by atomic mass is 32.2. The molecule has 1 aliphatic heterocycles. The van der Waals surface area contributed by atoms with E-state index in [9.17, 15) is 13.2 Å². The van der Waals surface area contributed by atoms with Crippen LogP contribution in [0.25, 0.3) is 0 Å². The van der Waals surface area contributed by atoms with Crippen molar-refractivity contribution >= 4 is 21.6 Å². The maximum atomic E-state index is 12.1. The van der Waals surface area contributed by atoms with Crippen LogP contribution in [-0.2, 0) is 27.8 Å². The number of benzene rings is 2. The molecular formula is C18H21N3O3S. The number of carbonyl (C=O) groups excluding carboxylic acids is 1. The summed E-state index contributed by atoms with van der Waals surface area (Å²) in [6.07, 6.45) is 1.39. The Morgan fingerprint density at radius 3 is 2.44 bits per heavy atom. The Balaban J connectivity index is 1.50. The lowest BCUT2D eigenvalue weighted by Crippen LogP contribution is -2.33. The Hall–Kier alpha value is -2.22. The van der Waals surface area contributed by atoms with Crippen molar-refractivity contribution in [1.82, 2.24) is 4.90 Å². The van der Waals surface area contributed by atoms with Gasteiger partial charge in [-0.05, 0) is 41.8 Å². The molecule has 0 saturated heterocycles. The monoisotopic (exact) mass is 359 g/mol. The summed E-state index contributed by atoms with van der Waals surface area (Å²) in [5.41, 5.74) is 3.27. The lowest BCUT2D eigenvalue weighted by molar-refractivity contribution is -0.116. The quantitative estimate of drug-likeness (QED) is 0.850. The van der Waals surface area contributed by atoms with Crippen molar-refractivity contribution in [2.75, 3.05) is 18.4 Å². The van der Waals surface area contributed by atoms with Gasteiger partial charge in [-0.1, -0.05) is 24.3 Å². The number of fused-ring (bicyclic) bond motifs is 1. The number of carbonyl (C=O) groups is 1. The standard InChI is InChI=1S/C18H21N3O3S/c19-25(23,24)17-7-5-16(6-8-17)20-18(22)10-12-21-11-9-14-3-1-2-4-15(14)13-21/h1-8H,9-13H2,(H,20,22)(H2,19,23,24). The van der Waals surface area contributed by atoms with Crippen molar-refractivity contribution in [3.63, 3.8) is 0 Å². The van der Waals surface area contributed by atoms with Crippen molar-refractivity contribution in [2.45, 2.75) is 24.3 Å². The molecule has 7 heteroatoms. The first-order chi connectivity index (χ1) is 11.9. The van der Waals surface area contributed by atoms with E-state index in [4.69, 9.17) is 5.14 Å². The number of anilines is 1. The molecule has 25 heavy (non-hydrogen) atoms. The summed E-state index contributed by atoms with van der Waals surface area (Å²) < 4.78 is 22.4. The van der Waals surface area contributed by atoms with Crippen molar-refractivity contribution in [2.24, 2.45) is 5.14 Å². The molecule has 2 aromatic rings. The first kappa shape index (κ1) is 17.6. The van der Waals surface area contributed by atoms with Crippen LogP contribution in [0.2, 0.25) is 0 Å². The first-order valence-electron chi connectivity index (χ1n) is 8.14. The van der Waals surface area contributed by atoms with Gasteiger partial charge >= 0.3 is 0 Å². The smallest absolute Gasteiger partial charge is 0.238 e. The molecule has 0 spiro atoms. The second-order valence-corrected chi connectivity index (χ2v) is 7.72. The Kier molecular flexibility index (Phi) is 5.17. The molecule has 0 aromatic heterocycles. The zero-order chi connectivity index (χ0) is 17.9. The van der Waals surface area contributed by atoms with Gasteiger partial charge in [0.25, 0.3) is 0 Å². The van der Waals surface area contributed by atoms with E-state index >= 15 is 0 Å². The fourth-order valence-electron chi connectivity index (χ4n) is 2.96. The topological polar surface area (TPSA) is 92.5 Å². The van der Waals surface area contributed by atoms with E-state index in [1.54, 1.807) is 0 Å². The second kappa shape index (κ2) is 7.35. The molecule has 0 unspecified atom stereocenters. The van der Waals surface area contributed by atoms with Crippen LogP contribution in [0.3, 0.4) is 0 Å². The number of amides is 1. The summed E-state index contributed by atoms with van der Waals surface area (Å²) in [5, 5.41) is 7.83. The molecule has 1 aliphatic rings. The van der Waals surface area contributed by atoms with Crippen LogP contribution < -0.4 is 10.5 Å². The summed E-state index contributed by atoms with van der Waals surface area (Å²) in [5.74, 6) is -0.0952. The van der Waals surface area contributed by atoms with Gasteiger partial charge in [0.1, 0.15) is 0 Å². The number of rotatable bonds is 5. The normalized spacial score (nSPS) is 14.8.